The second-order valence-corrected chi connectivity index (χ2v) is 5.92. The molecule has 0 unspecified atom stereocenters. The maximum atomic E-state index is 5.93. The zero-order valence-electron chi connectivity index (χ0n) is 13.4. The summed E-state index contributed by atoms with van der Waals surface area (Å²) < 4.78 is 2.25. The number of rotatable bonds is 2. The Balaban J connectivity index is 2.04. The van der Waals surface area contributed by atoms with Crippen LogP contribution in [0.25, 0.3) is 32.9 Å². The lowest BCUT2D eigenvalue weighted by molar-refractivity contribution is 0.968. The SMILES string of the molecule is [CH]c1cccc(-c2ccc3c(c2)c2ccnc(CC)c2n3C)c1. The highest BCUT2D eigenvalue weighted by atomic mass is 15.0. The highest BCUT2D eigenvalue weighted by Crippen LogP contribution is 2.33. The molecule has 0 aliphatic rings. The Bertz CT molecular complexity index is 1020. The molecule has 4 aromatic rings. The predicted molar refractivity (Wildman–Crippen MR) is 96.4 cm³/mol. The van der Waals surface area contributed by atoms with Gasteiger partial charge in [0.25, 0.3) is 0 Å². The minimum absolute atomic E-state index is 0.790. The van der Waals surface area contributed by atoms with E-state index in [1.54, 1.807) is 0 Å². The third-order valence-electron chi connectivity index (χ3n) is 4.54. The molecule has 0 aliphatic carbocycles. The van der Waals surface area contributed by atoms with Gasteiger partial charge in [-0.05, 0) is 48.2 Å². The third-order valence-corrected chi connectivity index (χ3v) is 4.54. The lowest BCUT2D eigenvalue weighted by atomic mass is 10.0. The summed E-state index contributed by atoms with van der Waals surface area (Å²) in [4.78, 5) is 4.54. The number of aryl methyl sites for hydroxylation is 2. The number of aromatic nitrogens is 2. The molecule has 0 aliphatic heterocycles. The molecule has 2 aromatic heterocycles. The van der Waals surface area contributed by atoms with E-state index < -0.39 is 0 Å². The Morgan fingerprint density at radius 3 is 2.61 bits per heavy atom. The largest absolute Gasteiger partial charge is 0.342 e. The highest BCUT2D eigenvalue weighted by molar-refractivity contribution is 6.09. The summed E-state index contributed by atoms with van der Waals surface area (Å²) in [7, 11) is 2.12. The van der Waals surface area contributed by atoms with Crippen LogP contribution in [0.2, 0.25) is 0 Å². The van der Waals surface area contributed by atoms with Crippen molar-refractivity contribution in [3.8, 4) is 11.1 Å². The normalized spacial score (nSPS) is 11.4. The van der Waals surface area contributed by atoms with Gasteiger partial charge in [0.05, 0.1) is 11.2 Å². The van der Waals surface area contributed by atoms with Crippen LogP contribution >= 0.6 is 0 Å². The van der Waals surface area contributed by atoms with Crippen molar-refractivity contribution in [2.24, 2.45) is 7.05 Å². The molecule has 0 fully saturated rings. The fraction of sp³-hybridized carbons (Fsp3) is 0.143. The molecule has 23 heavy (non-hydrogen) atoms. The van der Waals surface area contributed by atoms with E-state index in [1.807, 2.05) is 24.4 Å². The van der Waals surface area contributed by atoms with Gasteiger partial charge >= 0.3 is 0 Å². The quantitative estimate of drug-likeness (QED) is 0.508. The number of hydrogen-bond acceptors (Lipinski definition) is 1. The summed E-state index contributed by atoms with van der Waals surface area (Å²) >= 11 is 0. The van der Waals surface area contributed by atoms with Crippen LogP contribution in [0, 0.1) is 6.92 Å². The molecule has 4 rings (SSSR count). The average molecular weight is 298 g/mol. The van der Waals surface area contributed by atoms with E-state index in [0.29, 0.717) is 0 Å². The molecule has 0 N–H and O–H groups in total. The van der Waals surface area contributed by atoms with Crippen molar-refractivity contribution >= 4 is 21.8 Å². The molecule has 0 spiro atoms. The Hall–Kier alpha value is -2.61. The summed E-state index contributed by atoms with van der Waals surface area (Å²) in [5, 5.41) is 2.53. The predicted octanol–water partition coefficient (Wildman–Crippen LogP) is 5.02. The average Bonchev–Trinajstić information content (AvgIpc) is 2.87. The molecule has 2 nitrogen and oxygen atoms in total. The molecule has 2 heteroatoms. The molecule has 112 valence electrons. The summed E-state index contributed by atoms with van der Waals surface area (Å²) in [6, 6.07) is 16.7. The van der Waals surface area contributed by atoms with Gasteiger partial charge in [-0.25, -0.2) is 0 Å². The lowest BCUT2D eigenvalue weighted by Gasteiger charge is -2.04. The first-order valence-corrected chi connectivity index (χ1v) is 7.91. The summed E-state index contributed by atoms with van der Waals surface area (Å²) in [6.45, 7) is 8.08. The van der Waals surface area contributed by atoms with Crippen molar-refractivity contribution < 1.29 is 0 Å². The maximum Gasteiger partial charge on any atom is 0.0707 e. The van der Waals surface area contributed by atoms with Crippen molar-refractivity contribution in [2.45, 2.75) is 13.3 Å². The van der Waals surface area contributed by atoms with Crippen LogP contribution in [0.1, 0.15) is 18.2 Å². The monoisotopic (exact) mass is 298 g/mol. The van der Waals surface area contributed by atoms with E-state index in [0.717, 1.165) is 23.2 Å². The van der Waals surface area contributed by atoms with Gasteiger partial charge in [-0.2, -0.15) is 0 Å². The second-order valence-electron chi connectivity index (χ2n) is 5.92. The van der Waals surface area contributed by atoms with Crippen LogP contribution in [-0.2, 0) is 13.5 Å². The zero-order chi connectivity index (χ0) is 16.0. The van der Waals surface area contributed by atoms with Crippen molar-refractivity contribution in [1.82, 2.24) is 9.55 Å². The molecule has 2 aromatic carbocycles. The first-order chi connectivity index (χ1) is 11.2. The third kappa shape index (κ3) is 2.14. The Labute approximate surface area is 136 Å². The van der Waals surface area contributed by atoms with Gasteiger partial charge in [0.2, 0.25) is 0 Å². The highest BCUT2D eigenvalue weighted by Gasteiger charge is 2.12. The zero-order valence-corrected chi connectivity index (χ0v) is 13.4. The molecule has 0 bridgehead atoms. The number of fused-ring (bicyclic) bond motifs is 3. The Morgan fingerprint density at radius 2 is 1.83 bits per heavy atom. The van der Waals surface area contributed by atoms with Gasteiger partial charge < -0.3 is 4.57 Å². The standard InChI is InChI=1S/C21H18N2/c1-4-19-21-17(10-11-22-19)18-13-16(8-9-20(18)23(21)3)15-7-5-6-14(2)12-15/h2,5-13H,4H2,1,3H3. The van der Waals surface area contributed by atoms with E-state index in [9.17, 15) is 0 Å². The van der Waals surface area contributed by atoms with Crippen molar-refractivity contribution in [3.05, 3.63) is 72.9 Å². The summed E-state index contributed by atoms with van der Waals surface area (Å²) in [5.41, 5.74) is 6.73. The first-order valence-electron chi connectivity index (χ1n) is 7.91. The summed E-state index contributed by atoms with van der Waals surface area (Å²) in [5.74, 6) is 0. The van der Waals surface area contributed by atoms with Crippen LogP contribution in [0.4, 0.5) is 0 Å². The van der Waals surface area contributed by atoms with Gasteiger partial charge in [-0.3, -0.25) is 4.98 Å². The van der Waals surface area contributed by atoms with Gasteiger partial charge in [0.1, 0.15) is 0 Å². The Morgan fingerprint density at radius 1 is 1.00 bits per heavy atom. The molecule has 0 amide bonds. The van der Waals surface area contributed by atoms with Crippen molar-refractivity contribution in [3.63, 3.8) is 0 Å². The molecule has 0 atom stereocenters. The van der Waals surface area contributed by atoms with E-state index in [1.165, 1.54) is 27.4 Å². The van der Waals surface area contributed by atoms with Gasteiger partial charge in [0.15, 0.2) is 0 Å². The fourth-order valence-corrected chi connectivity index (χ4v) is 3.41. The number of hydrogen-bond donors (Lipinski definition) is 0. The van der Waals surface area contributed by atoms with Crippen molar-refractivity contribution in [1.29, 1.82) is 0 Å². The molecule has 2 heterocycles. The van der Waals surface area contributed by atoms with E-state index >= 15 is 0 Å². The molecule has 0 saturated heterocycles. The minimum Gasteiger partial charge on any atom is -0.342 e. The van der Waals surface area contributed by atoms with Crippen LogP contribution < -0.4 is 0 Å². The molecule has 2 radical (unpaired) electrons. The number of nitrogens with zero attached hydrogens (tertiary/aromatic N) is 2. The van der Waals surface area contributed by atoms with E-state index in [4.69, 9.17) is 6.92 Å². The van der Waals surface area contributed by atoms with Crippen LogP contribution in [0.15, 0.2) is 54.7 Å². The first kappa shape index (κ1) is 14.0. The van der Waals surface area contributed by atoms with E-state index in [-0.39, 0.29) is 0 Å². The lowest BCUT2D eigenvalue weighted by Crippen LogP contribution is -1.94. The van der Waals surface area contributed by atoms with Crippen LogP contribution in [-0.4, -0.2) is 9.55 Å². The second kappa shape index (κ2) is 5.24. The maximum absolute atomic E-state index is 5.93. The molecular weight excluding hydrogens is 280 g/mol. The number of benzene rings is 2. The smallest absolute Gasteiger partial charge is 0.0707 e. The van der Waals surface area contributed by atoms with Gasteiger partial charge in [0, 0.05) is 29.5 Å². The molecular formula is C21H18N2. The number of pyridine rings is 1. The van der Waals surface area contributed by atoms with Crippen LogP contribution in [0.5, 0.6) is 0 Å². The fourth-order valence-electron chi connectivity index (χ4n) is 3.41. The van der Waals surface area contributed by atoms with Crippen molar-refractivity contribution in [2.75, 3.05) is 0 Å². The van der Waals surface area contributed by atoms with Crippen LogP contribution in [0.3, 0.4) is 0 Å². The minimum atomic E-state index is 0.790. The van der Waals surface area contributed by atoms with Gasteiger partial charge in [-0.15, -0.1) is 0 Å². The van der Waals surface area contributed by atoms with Gasteiger partial charge in [-0.1, -0.05) is 37.3 Å². The van der Waals surface area contributed by atoms with E-state index in [2.05, 4.69) is 53.9 Å². The topological polar surface area (TPSA) is 17.8 Å². The molecule has 0 saturated carbocycles. The Kier molecular flexibility index (Phi) is 3.19. The summed E-state index contributed by atoms with van der Waals surface area (Å²) in [6.07, 6.45) is 2.84.